The maximum Gasteiger partial charge on any atom is 0.257 e. The molecule has 5 nitrogen and oxygen atoms in total. The highest BCUT2D eigenvalue weighted by Gasteiger charge is 2.25. The number of amides is 2. The summed E-state index contributed by atoms with van der Waals surface area (Å²) in [7, 11) is 0. The molecule has 0 spiro atoms. The molecule has 2 atom stereocenters. The van der Waals surface area contributed by atoms with E-state index < -0.39 is 0 Å². The SMILES string of the molecule is NC1CCCC(C(=O)Nc2ccc(Cl)c(C(=O)Nc3ccccc3)c2)C1. The largest absolute Gasteiger partial charge is 0.328 e. The van der Waals surface area contributed by atoms with Gasteiger partial charge in [-0.15, -0.1) is 0 Å². The molecule has 3 rings (SSSR count). The van der Waals surface area contributed by atoms with Crippen molar-refractivity contribution in [1.29, 1.82) is 0 Å². The van der Waals surface area contributed by atoms with Crippen LogP contribution in [0.4, 0.5) is 11.4 Å². The van der Waals surface area contributed by atoms with E-state index in [1.807, 2.05) is 18.2 Å². The van der Waals surface area contributed by atoms with Gasteiger partial charge in [-0.25, -0.2) is 0 Å². The molecule has 2 aromatic carbocycles. The number of benzene rings is 2. The molecule has 0 aromatic heterocycles. The highest BCUT2D eigenvalue weighted by atomic mass is 35.5. The van der Waals surface area contributed by atoms with Crippen LogP contribution < -0.4 is 16.4 Å². The van der Waals surface area contributed by atoms with E-state index in [0.717, 1.165) is 19.3 Å². The lowest BCUT2D eigenvalue weighted by atomic mass is 9.85. The standard InChI is InChI=1S/C20H22ClN3O2/c21-18-10-9-16(24-19(25)13-5-4-6-14(22)11-13)12-17(18)20(26)23-15-7-2-1-3-8-15/h1-3,7-10,12-14H,4-6,11,22H2,(H,23,26)(H,24,25). The number of para-hydroxylation sites is 1. The van der Waals surface area contributed by atoms with E-state index in [9.17, 15) is 9.59 Å². The molecule has 0 heterocycles. The molecular formula is C20H22ClN3O2. The molecule has 2 amide bonds. The molecule has 0 aliphatic heterocycles. The smallest absolute Gasteiger partial charge is 0.257 e. The third kappa shape index (κ3) is 4.62. The van der Waals surface area contributed by atoms with Gasteiger partial charge in [-0.1, -0.05) is 36.2 Å². The van der Waals surface area contributed by atoms with Crippen LogP contribution in [-0.4, -0.2) is 17.9 Å². The van der Waals surface area contributed by atoms with Crippen molar-refractivity contribution < 1.29 is 9.59 Å². The Morgan fingerprint density at radius 2 is 1.77 bits per heavy atom. The Balaban J connectivity index is 1.71. The van der Waals surface area contributed by atoms with Gasteiger partial charge in [0.05, 0.1) is 10.6 Å². The Morgan fingerprint density at radius 3 is 2.50 bits per heavy atom. The zero-order valence-corrected chi connectivity index (χ0v) is 15.1. The van der Waals surface area contributed by atoms with Gasteiger partial charge in [0.2, 0.25) is 5.91 Å². The Morgan fingerprint density at radius 1 is 1.00 bits per heavy atom. The van der Waals surface area contributed by atoms with Gasteiger partial charge in [0.1, 0.15) is 0 Å². The van der Waals surface area contributed by atoms with Crippen LogP contribution in [0, 0.1) is 5.92 Å². The molecule has 26 heavy (non-hydrogen) atoms. The minimum absolute atomic E-state index is 0.0584. The Labute approximate surface area is 157 Å². The topological polar surface area (TPSA) is 84.2 Å². The van der Waals surface area contributed by atoms with E-state index >= 15 is 0 Å². The lowest BCUT2D eigenvalue weighted by molar-refractivity contribution is -0.120. The first-order chi connectivity index (χ1) is 12.5. The van der Waals surface area contributed by atoms with E-state index in [1.54, 1.807) is 30.3 Å². The molecule has 4 N–H and O–H groups in total. The number of carbonyl (C=O) groups excluding carboxylic acids is 2. The summed E-state index contributed by atoms with van der Waals surface area (Å²) in [6, 6.07) is 14.1. The molecule has 6 heteroatoms. The van der Waals surface area contributed by atoms with Gasteiger partial charge < -0.3 is 16.4 Å². The Hall–Kier alpha value is -2.37. The van der Waals surface area contributed by atoms with Crippen LogP contribution in [0.3, 0.4) is 0 Å². The summed E-state index contributed by atoms with van der Waals surface area (Å²) in [6.07, 6.45) is 3.47. The van der Waals surface area contributed by atoms with Crippen LogP contribution in [0.5, 0.6) is 0 Å². The second-order valence-electron chi connectivity index (χ2n) is 6.63. The summed E-state index contributed by atoms with van der Waals surface area (Å²) in [5.74, 6) is -0.468. The molecule has 2 unspecified atom stereocenters. The van der Waals surface area contributed by atoms with Gasteiger partial charge in [0.15, 0.2) is 0 Å². The number of hydrogen-bond acceptors (Lipinski definition) is 3. The fraction of sp³-hybridized carbons (Fsp3) is 0.300. The van der Waals surface area contributed by atoms with Crippen LogP contribution in [0.25, 0.3) is 0 Å². The second-order valence-corrected chi connectivity index (χ2v) is 7.03. The van der Waals surface area contributed by atoms with Crippen molar-refractivity contribution in [3.05, 3.63) is 59.1 Å². The van der Waals surface area contributed by atoms with Gasteiger partial charge in [0, 0.05) is 23.3 Å². The first kappa shape index (κ1) is 18.4. The summed E-state index contributed by atoms with van der Waals surface area (Å²) in [5, 5.41) is 6.01. The van der Waals surface area contributed by atoms with E-state index in [4.69, 9.17) is 17.3 Å². The molecule has 1 saturated carbocycles. The van der Waals surface area contributed by atoms with Gasteiger partial charge in [-0.05, 0) is 49.6 Å². The fourth-order valence-corrected chi connectivity index (χ4v) is 3.41. The zero-order valence-electron chi connectivity index (χ0n) is 14.4. The molecule has 136 valence electrons. The number of carbonyl (C=O) groups is 2. The number of nitrogens with two attached hydrogens (primary N) is 1. The van der Waals surface area contributed by atoms with E-state index in [-0.39, 0.29) is 23.8 Å². The van der Waals surface area contributed by atoms with Crippen molar-refractivity contribution in [2.24, 2.45) is 11.7 Å². The maximum absolute atomic E-state index is 12.5. The van der Waals surface area contributed by atoms with Crippen molar-refractivity contribution >= 4 is 34.8 Å². The van der Waals surface area contributed by atoms with Crippen LogP contribution in [0.2, 0.25) is 5.02 Å². The number of halogens is 1. The van der Waals surface area contributed by atoms with Crippen LogP contribution in [0.1, 0.15) is 36.0 Å². The number of rotatable bonds is 4. The summed E-state index contributed by atoms with van der Waals surface area (Å²) < 4.78 is 0. The highest BCUT2D eigenvalue weighted by Crippen LogP contribution is 2.26. The van der Waals surface area contributed by atoms with Gasteiger partial charge in [-0.3, -0.25) is 9.59 Å². The molecular weight excluding hydrogens is 350 g/mol. The Bertz CT molecular complexity index is 795. The summed E-state index contributed by atoms with van der Waals surface area (Å²) in [6.45, 7) is 0. The van der Waals surface area contributed by atoms with Gasteiger partial charge >= 0.3 is 0 Å². The lowest BCUT2D eigenvalue weighted by Gasteiger charge is -2.25. The van der Waals surface area contributed by atoms with E-state index in [1.165, 1.54) is 0 Å². The fourth-order valence-electron chi connectivity index (χ4n) is 3.21. The van der Waals surface area contributed by atoms with E-state index in [0.29, 0.717) is 28.4 Å². The maximum atomic E-state index is 12.5. The minimum Gasteiger partial charge on any atom is -0.328 e. The van der Waals surface area contributed by atoms with Gasteiger partial charge in [-0.2, -0.15) is 0 Å². The highest BCUT2D eigenvalue weighted by molar-refractivity contribution is 6.34. The van der Waals surface area contributed by atoms with Crippen molar-refractivity contribution in [3.8, 4) is 0 Å². The van der Waals surface area contributed by atoms with Crippen LogP contribution in [0.15, 0.2) is 48.5 Å². The minimum atomic E-state index is -0.322. The first-order valence-corrected chi connectivity index (χ1v) is 9.13. The van der Waals surface area contributed by atoms with E-state index in [2.05, 4.69) is 10.6 Å². The third-order valence-electron chi connectivity index (χ3n) is 4.60. The predicted molar refractivity (Wildman–Crippen MR) is 104 cm³/mol. The number of anilines is 2. The third-order valence-corrected chi connectivity index (χ3v) is 4.93. The normalized spacial score (nSPS) is 19.6. The zero-order chi connectivity index (χ0) is 18.5. The number of hydrogen-bond donors (Lipinski definition) is 3. The first-order valence-electron chi connectivity index (χ1n) is 8.75. The predicted octanol–water partition coefficient (Wildman–Crippen LogP) is 4.05. The van der Waals surface area contributed by atoms with Crippen LogP contribution in [-0.2, 0) is 4.79 Å². The average Bonchev–Trinajstić information content (AvgIpc) is 2.64. The lowest BCUT2D eigenvalue weighted by Crippen LogP contribution is -2.34. The summed E-state index contributed by atoms with van der Waals surface area (Å²) >= 11 is 6.17. The summed E-state index contributed by atoms with van der Waals surface area (Å²) in [4.78, 5) is 25.0. The number of nitrogens with one attached hydrogen (secondary N) is 2. The van der Waals surface area contributed by atoms with Crippen molar-refractivity contribution in [2.45, 2.75) is 31.7 Å². The Kier molecular flexibility index (Phi) is 5.91. The molecule has 1 fully saturated rings. The van der Waals surface area contributed by atoms with Gasteiger partial charge in [0.25, 0.3) is 5.91 Å². The van der Waals surface area contributed by atoms with Crippen molar-refractivity contribution in [1.82, 2.24) is 0 Å². The second kappa shape index (κ2) is 8.34. The molecule has 0 saturated heterocycles. The van der Waals surface area contributed by atoms with Crippen LogP contribution >= 0.6 is 11.6 Å². The molecule has 2 aromatic rings. The van der Waals surface area contributed by atoms with Crippen molar-refractivity contribution in [3.63, 3.8) is 0 Å². The average molecular weight is 372 g/mol. The quantitative estimate of drug-likeness (QED) is 0.758. The monoisotopic (exact) mass is 371 g/mol. The molecule has 1 aliphatic carbocycles. The molecule has 0 bridgehead atoms. The van der Waals surface area contributed by atoms with Crippen molar-refractivity contribution in [2.75, 3.05) is 10.6 Å². The molecule has 1 aliphatic rings. The molecule has 0 radical (unpaired) electrons. The summed E-state index contributed by atoms with van der Waals surface area (Å²) in [5.41, 5.74) is 7.51.